The number of sulfonamides is 2. The van der Waals surface area contributed by atoms with E-state index < -0.39 is 30.9 Å². The van der Waals surface area contributed by atoms with Crippen molar-refractivity contribution >= 4 is 37.3 Å². The van der Waals surface area contributed by atoms with E-state index in [1.54, 1.807) is 0 Å². The molecule has 11 nitrogen and oxygen atoms in total. The first-order valence-electron chi connectivity index (χ1n) is 8.08. The van der Waals surface area contributed by atoms with E-state index in [9.17, 15) is 31.7 Å². The molecule has 13 heteroatoms. The first-order valence-corrected chi connectivity index (χ1v) is 11.5. The highest BCUT2D eigenvalue weighted by Crippen LogP contribution is 2.17. The van der Waals surface area contributed by atoms with Gasteiger partial charge >= 0.3 is 0 Å². The summed E-state index contributed by atoms with van der Waals surface area (Å²) in [5.41, 5.74) is 0.0375. The summed E-state index contributed by atoms with van der Waals surface area (Å²) in [5.74, 6) is -0.531. The van der Waals surface area contributed by atoms with E-state index in [1.165, 1.54) is 42.5 Å². The lowest BCUT2D eigenvalue weighted by molar-refractivity contribution is -0.385. The molecule has 0 fully saturated rings. The molecular weight excluding hydrogens is 424 g/mol. The smallest absolute Gasteiger partial charge is 0.270 e. The second-order valence-electron chi connectivity index (χ2n) is 5.86. The molecule has 0 aliphatic rings. The Labute approximate surface area is 167 Å². The van der Waals surface area contributed by atoms with Crippen LogP contribution < -0.4 is 14.8 Å². The van der Waals surface area contributed by atoms with Gasteiger partial charge in [0.1, 0.15) is 0 Å². The fourth-order valence-electron chi connectivity index (χ4n) is 2.25. The highest BCUT2D eigenvalue weighted by Gasteiger charge is 2.17. The van der Waals surface area contributed by atoms with Gasteiger partial charge < -0.3 is 5.32 Å². The number of rotatable bonds is 9. The van der Waals surface area contributed by atoms with E-state index in [0.29, 0.717) is 0 Å². The van der Waals surface area contributed by atoms with E-state index >= 15 is 0 Å². The van der Waals surface area contributed by atoms with Crippen molar-refractivity contribution in [1.82, 2.24) is 10.0 Å². The topological polar surface area (TPSA) is 165 Å². The molecule has 0 unspecified atom stereocenters. The van der Waals surface area contributed by atoms with Gasteiger partial charge in [0.05, 0.1) is 16.1 Å². The Kier molecular flexibility index (Phi) is 6.89. The number of benzene rings is 2. The first-order chi connectivity index (χ1) is 13.5. The molecule has 0 heterocycles. The fraction of sp³-hybridized carbons (Fsp3) is 0.188. The maximum Gasteiger partial charge on any atom is 0.270 e. The molecule has 0 spiro atoms. The number of anilines is 1. The van der Waals surface area contributed by atoms with E-state index in [4.69, 9.17) is 0 Å². The number of nitro groups is 1. The Hall–Kier alpha value is -3.03. The van der Waals surface area contributed by atoms with Crippen LogP contribution in [0.25, 0.3) is 0 Å². The van der Waals surface area contributed by atoms with Crippen LogP contribution >= 0.6 is 0 Å². The van der Waals surface area contributed by atoms with Crippen LogP contribution in [0.15, 0.2) is 53.4 Å². The molecule has 3 N–H and O–H groups in total. The Morgan fingerprint density at radius 1 is 1.03 bits per heavy atom. The number of non-ortho nitro benzene ring substituents is 1. The molecule has 0 aromatic heterocycles. The zero-order chi connectivity index (χ0) is 21.7. The lowest BCUT2D eigenvalue weighted by Gasteiger charge is -2.09. The average Bonchev–Trinajstić information content (AvgIpc) is 2.64. The van der Waals surface area contributed by atoms with Crippen LogP contribution in [0.4, 0.5) is 11.4 Å². The Morgan fingerprint density at radius 2 is 1.72 bits per heavy atom. The van der Waals surface area contributed by atoms with Crippen LogP contribution in [0.2, 0.25) is 0 Å². The van der Waals surface area contributed by atoms with Gasteiger partial charge in [-0.2, -0.15) is 0 Å². The molecule has 2 rings (SSSR count). The fourth-order valence-corrected chi connectivity index (χ4v) is 3.88. The van der Waals surface area contributed by atoms with E-state index in [-0.39, 0.29) is 34.9 Å². The minimum absolute atomic E-state index is 0.0588. The van der Waals surface area contributed by atoms with Crippen LogP contribution in [0.1, 0.15) is 10.4 Å². The van der Waals surface area contributed by atoms with Crippen LogP contribution in [-0.4, -0.2) is 47.0 Å². The minimum Gasteiger partial charge on any atom is -0.351 e. The van der Waals surface area contributed by atoms with Crippen molar-refractivity contribution in [2.45, 2.75) is 4.90 Å². The summed E-state index contributed by atoms with van der Waals surface area (Å²) in [6.07, 6.45) is 0.979. The van der Waals surface area contributed by atoms with Gasteiger partial charge in [-0.15, -0.1) is 0 Å². The highest BCUT2D eigenvalue weighted by atomic mass is 32.2. The molecule has 0 radical (unpaired) electrons. The molecule has 0 saturated heterocycles. The lowest BCUT2D eigenvalue weighted by Crippen LogP contribution is -2.34. The van der Waals surface area contributed by atoms with E-state index in [0.717, 1.165) is 12.3 Å². The highest BCUT2D eigenvalue weighted by molar-refractivity contribution is 7.92. The Morgan fingerprint density at radius 3 is 2.38 bits per heavy atom. The summed E-state index contributed by atoms with van der Waals surface area (Å²) in [6, 6.07) is 10.4. The molecule has 2 aromatic rings. The number of hydrogen-bond donors (Lipinski definition) is 3. The summed E-state index contributed by atoms with van der Waals surface area (Å²) in [7, 11) is -7.48. The molecule has 2 aromatic carbocycles. The van der Waals surface area contributed by atoms with E-state index in [2.05, 4.69) is 14.8 Å². The largest absolute Gasteiger partial charge is 0.351 e. The van der Waals surface area contributed by atoms with Crippen molar-refractivity contribution in [2.75, 3.05) is 24.1 Å². The van der Waals surface area contributed by atoms with Gasteiger partial charge in [-0.1, -0.05) is 12.1 Å². The number of nitrogens with one attached hydrogen (secondary N) is 3. The van der Waals surface area contributed by atoms with Crippen LogP contribution in [0, 0.1) is 10.1 Å². The summed E-state index contributed by atoms with van der Waals surface area (Å²) >= 11 is 0. The van der Waals surface area contributed by atoms with Crippen LogP contribution in [0.3, 0.4) is 0 Å². The zero-order valence-electron chi connectivity index (χ0n) is 15.2. The Balaban J connectivity index is 1.93. The molecule has 0 bridgehead atoms. The standard InChI is InChI=1S/C16H18N4O7S2/c1-28(24,25)19-13-5-2-4-12(10-13)16(21)17-8-9-18-29(26,27)15-7-3-6-14(11-15)20(22)23/h2-7,10-11,18-19H,8-9H2,1H3,(H,17,21). The van der Waals surface area contributed by atoms with Crippen molar-refractivity contribution < 1.29 is 26.6 Å². The molecule has 0 atom stereocenters. The quantitative estimate of drug-likeness (QED) is 0.292. The maximum atomic E-state index is 12.2. The first kappa shape index (κ1) is 22.3. The van der Waals surface area contributed by atoms with Gasteiger partial charge in [0, 0.05) is 36.5 Å². The van der Waals surface area contributed by atoms with Gasteiger partial charge in [-0.05, 0) is 24.3 Å². The number of amides is 1. The third-order valence-electron chi connectivity index (χ3n) is 3.47. The van der Waals surface area contributed by atoms with Crippen molar-refractivity contribution in [1.29, 1.82) is 0 Å². The lowest BCUT2D eigenvalue weighted by atomic mass is 10.2. The number of carbonyl (C=O) groups excluding carboxylic acids is 1. The average molecular weight is 442 g/mol. The molecule has 1 amide bonds. The third-order valence-corrected chi connectivity index (χ3v) is 5.53. The van der Waals surface area contributed by atoms with Crippen molar-refractivity contribution in [3.63, 3.8) is 0 Å². The second kappa shape index (κ2) is 8.98. The van der Waals surface area contributed by atoms with Gasteiger partial charge in [0.15, 0.2) is 0 Å². The summed E-state index contributed by atoms with van der Waals surface area (Å²) in [5, 5.41) is 13.2. The monoisotopic (exact) mass is 442 g/mol. The summed E-state index contributed by atoms with van der Waals surface area (Å²) in [6.45, 7) is -0.214. The molecule has 29 heavy (non-hydrogen) atoms. The van der Waals surface area contributed by atoms with Crippen molar-refractivity contribution in [2.24, 2.45) is 0 Å². The van der Waals surface area contributed by atoms with Crippen LogP contribution in [0.5, 0.6) is 0 Å². The number of nitro benzene ring substituents is 1. The zero-order valence-corrected chi connectivity index (χ0v) is 16.8. The van der Waals surface area contributed by atoms with Crippen molar-refractivity contribution in [3.05, 3.63) is 64.2 Å². The van der Waals surface area contributed by atoms with Crippen LogP contribution in [-0.2, 0) is 20.0 Å². The van der Waals surface area contributed by atoms with Crippen molar-refractivity contribution in [3.8, 4) is 0 Å². The van der Waals surface area contributed by atoms with Gasteiger partial charge in [-0.3, -0.25) is 19.6 Å². The van der Waals surface area contributed by atoms with E-state index in [1.807, 2.05) is 0 Å². The second-order valence-corrected chi connectivity index (χ2v) is 9.38. The molecule has 156 valence electrons. The minimum atomic E-state index is -3.99. The SMILES string of the molecule is CS(=O)(=O)Nc1cccc(C(=O)NCCNS(=O)(=O)c2cccc([N+](=O)[O-])c2)c1. The van der Waals surface area contributed by atoms with Gasteiger partial charge in [0.25, 0.3) is 11.6 Å². The predicted octanol–water partition coefficient (Wildman–Crippen LogP) is 0.675. The normalized spacial score (nSPS) is 11.6. The molecule has 0 aliphatic heterocycles. The number of carbonyl (C=O) groups is 1. The third kappa shape index (κ3) is 6.81. The summed E-state index contributed by atoms with van der Waals surface area (Å²) in [4.78, 5) is 21.9. The maximum absolute atomic E-state index is 12.2. The molecule has 0 aliphatic carbocycles. The summed E-state index contributed by atoms with van der Waals surface area (Å²) < 4.78 is 51.4. The van der Waals surface area contributed by atoms with Gasteiger partial charge in [-0.25, -0.2) is 21.6 Å². The Bertz CT molecular complexity index is 1130. The predicted molar refractivity (Wildman–Crippen MR) is 106 cm³/mol. The number of hydrogen-bond acceptors (Lipinski definition) is 7. The molecular formula is C16H18N4O7S2. The van der Waals surface area contributed by atoms with Gasteiger partial charge in [0.2, 0.25) is 20.0 Å². The number of nitrogens with zero attached hydrogens (tertiary/aromatic N) is 1. The molecule has 0 saturated carbocycles.